The van der Waals surface area contributed by atoms with Gasteiger partial charge in [0.1, 0.15) is 17.1 Å². The number of pyridine rings is 1. The van der Waals surface area contributed by atoms with Gasteiger partial charge in [0, 0.05) is 31.3 Å². The number of aromatic nitrogens is 4. The van der Waals surface area contributed by atoms with Gasteiger partial charge in [0.05, 0.1) is 18.7 Å². The number of rotatable bonds is 5. The molecule has 8 heteroatoms. The third-order valence-electron chi connectivity index (χ3n) is 5.45. The standard InChI is InChI=1S/C22H21N5O3/c1-14-20(27-10-6-5-9-19(27)23-14)22(28)26-12-16(13-26)21-24-18(25-30-21)11-15-7-3-4-8-17(15)29-2/h3-10,16H,11-13H2,1-2H3. The molecule has 0 saturated carbocycles. The molecule has 4 heterocycles. The molecule has 1 aliphatic rings. The maximum absolute atomic E-state index is 13.0. The number of hydrogen-bond donors (Lipinski definition) is 0. The number of carbonyl (C=O) groups is 1. The van der Waals surface area contributed by atoms with Crippen LogP contribution in [0.15, 0.2) is 53.2 Å². The highest BCUT2D eigenvalue weighted by molar-refractivity contribution is 5.95. The molecule has 1 fully saturated rings. The number of methoxy groups -OCH3 is 1. The van der Waals surface area contributed by atoms with Crippen LogP contribution in [0.3, 0.4) is 0 Å². The molecule has 3 aromatic heterocycles. The van der Waals surface area contributed by atoms with Gasteiger partial charge < -0.3 is 14.2 Å². The summed E-state index contributed by atoms with van der Waals surface area (Å²) >= 11 is 0. The maximum atomic E-state index is 13.0. The molecule has 1 aromatic carbocycles. The molecule has 0 unspecified atom stereocenters. The number of para-hydroxylation sites is 1. The van der Waals surface area contributed by atoms with Gasteiger partial charge in [0.15, 0.2) is 5.82 Å². The number of hydrogen-bond acceptors (Lipinski definition) is 6. The molecule has 0 N–H and O–H groups in total. The Bertz CT molecular complexity index is 1220. The second-order valence-electron chi connectivity index (χ2n) is 7.42. The summed E-state index contributed by atoms with van der Waals surface area (Å²) in [5.74, 6) is 1.99. The number of carbonyl (C=O) groups excluding carboxylic acids is 1. The Morgan fingerprint density at radius 3 is 2.80 bits per heavy atom. The Balaban J connectivity index is 1.27. The number of amides is 1. The monoisotopic (exact) mass is 403 g/mol. The Morgan fingerprint density at radius 1 is 1.17 bits per heavy atom. The van der Waals surface area contributed by atoms with E-state index in [-0.39, 0.29) is 11.8 Å². The lowest BCUT2D eigenvalue weighted by atomic mass is 9.99. The molecule has 30 heavy (non-hydrogen) atoms. The van der Waals surface area contributed by atoms with Crippen molar-refractivity contribution in [3.63, 3.8) is 0 Å². The van der Waals surface area contributed by atoms with Gasteiger partial charge in [-0.15, -0.1) is 0 Å². The highest BCUT2D eigenvalue weighted by atomic mass is 16.5. The fraction of sp³-hybridized carbons (Fsp3) is 0.273. The molecule has 0 radical (unpaired) electrons. The lowest BCUT2D eigenvalue weighted by Crippen LogP contribution is -2.49. The van der Waals surface area contributed by atoms with E-state index in [1.807, 2.05) is 60.0 Å². The van der Waals surface area contributed by atoms with Crippen molar-refractivity contribution in [1.29, 1.82) is 0 Å². The molecule has 4 aromatic rings. The Morgan fingerprint density at radius 2 is 1.97 bits per heavy atom. The van der Waals surface area contributed by atoms with Gasteiger partial charge in [-0.2, -0.15) is 4.98 Å². The number of benzene rings is 1. The van der Waals surface area contributed by atoms with Crippen molar-refractivity contribution in [2.24, 2.45) is 0 Å². The Hall–Kier alpha value is -3.68. The molecule has 1 saturated heterocycles. The van der Waals surface area contributed by atoms with Crippen molar-refractivity contribution in [1.82, 2.24) is 24.4 Å². The second kappa shape index (κ2) is 7.29. The summed E-state index contributed by atoms with van der Waals surface area (Å²) in [7, 11) is 1.64. The first-order valence-corrected chi connectivity index (χ1v) is 9.81. The summed E-state index contributed by atoms with van der Waals surface area (Å²) in [6, 6.07) is 13.5. The zero-order chi connectivity index (χ0) is 20.7. The highest BCUT2D eigenvalue weighted by Gasteiger charge is 2.37. The number of fused-ring (bicyclic) bond motifs is 1. The zero-order valence-corrected chi connectivity index (χ0v) is 16.8. The lowest BCUT2D eigenvalue weighted by molar-refractivity contribution is 0.0561. The van der Waals surface area contributed by atoms with Crippen LogP contribution in [0.2, 0.25) is 0 Å². The molecule has 0 aliphatic carbocycles. The first-order chi connectivity index (χ1) is 14.6. The van der Waals surface area contributed by atoms with E-state index in [2.05, 4.69) is 15.1 Å². The van der Waals surface area contributed by atoms with Crippen molar-refractivity contribution in [3.8, 4) is 5.75 Å². The fourth-order valence-electron chi connectivity index (χ4n) is 3.85. The van der Waals surface area contributed by atoms with Gasteiger partial charge in [-0.3, -0.25) is 9.20 Å². The molecular formula is C22H21N5O3. The van der Waals surface area contributed by atoms with Crippen molar-refractivity contribution < 1.29 is 14.1 Å². The number of ether oxygens (including phenoxy) is 1. The predicted molar refractivity (Wildman–Crippen MR) is 109 cm³/mol. The highest BCUT2D eigenvalue weighted by Crippen LogP contribution is 2.29. The fourth-order valence-corrected chi connectivity index (χ4v) is 3.85. The zero-order valence-electron chi connectivity index (χ0n) is 16.8. The molecule has 152 valence electrons. The van der Waals surface area contributed by atoms with E-state index in [1.165, 1.54) is 0 Å². The van der Waals surface area contributed by atoms with Gasteiger partial charge in [-0.05, 0) is 25.1 Å². The van der Waals surface area contributed by atoms with Crippen LogP contribution in [0.4, 0.5) is 0 Å². The third-order valence-corrected chi connectivity index (χ3v) is 5.45. The summed E-state index contributed by atoms with van der Waals surface area (Å²) in [6.07, 6.45) is 2.39. The van der Waals surface area contributed by atoms with E-state index < -0.39 is 0 Å². The van der Waals surface area contributed by atoms with Crippen LogP contribution in [0.25, 0.3) is 5.65 Å². The minimum absolute atomic E-state index is 0.0313. The van der Waals surface area contributed by atoms with Gasteiger partial charge >= 0.3 is 0 Å². The van der Waals surface area contributed by atoms with Crippen LogP contribution in [-0.2, 0) is 6.42 Å². The van der Waals surface area contributed by atoms with E-state index in [1.54, 1.807) is 12.0 Å². The van der Waals surface area contributed by atoms with E-state index in [0.717, 1.165) is 22.7 Å². The smallest absolute Gasteiger partial charge is 0.272 e. The molecule has 5 rings (SSSR count). The predicted octanol–water partition coefficient (Wildman–Crippen LogP) is 2.86. The molecule has 1 amide bonds. The van der Waals surface area contributed by atoms with E-state index in [4.69, 9.17) is 9.26 Å². The van der Waals surface area contributed by atoms with Crippen LogP contribution in [0.5, 0.6) is 5.75 Å². The van der Waals surface area contributed by atoms with Gasteiger partial charge in [0.2, 0.25) is 5.89 Å². The van der Waals surface area contributed by atoms with E-state index >= 15 is 0 Å². The van der Waals surface area contributed by atoms with Gasteiger partial charge in [0.25, 0.3) is 5.91 Å². The van der Waals surface area contributed by atoms with Crippen molar-refractivity contribution >= 4 is 11.6 Å². The van der Waals surface area contributed by atoms with E-state index in [0.29, 0.717) is 36.9 Å². The summed E-state index contributed by atoms with van der Waals surface area (Å²) < 4.78 is 12.7. The first-order valence-electron chi connectivity index (χ1n) is 9.81. The third kappa shape index (κ3) is 3.10. The average molecular weight is 403 g/mol. The van der Waals surface area contributed by atoms with Crippen LogP contribution in [0.1, 0.15) is 39.4 Å². The second-order valence-corrected chi connectivity index (χ2v) is 7.42. The summed E-state index contributed by atoms with van der Waals surface area (Å²) in [4.78, 5) is 23.8. The minimum atomic E-state index is -0.0313. The van der Waals surface area contributed by atoms with Crippen molar-refractivity contribution in [3.05, 3.63) is 77.3 Å². The quantitative estimate of drug-likeness (QED) is 0.509. The first kappa shape index (κ1) is 18.4. The lowest BCUT2D eigenvalue weighted by Gasteiger charge is -2.37. The Kier molecular flexibility index (Phi) is 4.46. The largest absolute Gasteiger partial charge is 0.496 e. The number of imidazole rings is 1. The summed E-state index contributed by atoms with van der Waals surface area (Å²) in [6.45, 7) is 2.96. The number of nitrogens with zero attached hydrogens (tertiary/aromatic N) is 5. The number of likely N-dealkylation sites (tertiary alicyclic amines) is 1. The van der Waals surface area contributed by atoms with Crippen LogP contribution in [-0.4, -0.2) is 50.5 Å². The molecule has 8 nitrogen and oxygen atoms in total. The topological polar surface area (TPSA) is 85.8 Å². The maximum Gasteiger partial charge on any atom is 0.272 e. The molecule has 0 spiro atoms. The number of aryl methyl sites for hydroxylation is 1. The normalized spacial score (nSPS) is 14.1. The molecule has 0 atom stereocenters. The Labute approximate surface area is 173 Å². The van der Waals surface area contributed by atoms with Crippen LogP contribution < -0.4 is 4.74 Å². The van der Waals surface area contributed by atoms with Gasteiger partial charge in [-0.1, -0.05) is 29.4 Å². The van der Waals surface area contributed by atoms with Crippen LogP contribution >= 0.6 is 0 Å². The summed E-state index contributed by atoms with van der Waals surface area (Å²) in [5, 5.41) is 4.11. The molecular weight excluding hydrogens is 382 g/mol. The van der Waals surface area contributed by atoms with Crippen LogP contribution in [0, 0.1) is 6.92 Å². The van der Waals surface area contributed by atoms with Crippen molar-refractivity contribution in [2.45, 2.75) is 19.3 Å². The van der Waals surface area contributed by atoms with E-state index in [9.17, 15) is 4.79 Å². The summed E-state index contributed by atoms with van der Waals surface area (Å²) in [5.41, 5.74) is 3.10. The van der Waals surface area contributed by atoms with Crippen molar-refractivity contribution in [2.75, 3.05) is 20.2 Å². The molecule has 0 bridgehead atoms. The SMILES string of the molecule is COc1ccccc1Cc1noc(C2CN(C(=O)c3c(C)nc4ccccn34)C2)n1. The molecule has 1 aliphatic heterocycles. The minimum Gasteiger partial charge on any atom is -0.496 e. The average Bonchev–Trinajstić information content (AvgIpc) is 3.30. The van der Waals surface area contributed by atoms with Gasteiger partial charge in [-0.25, -0.2) is 4.98 Å².